The predicted octanol–water partition coefficient (Wildman–Crippen LogP) is 18.5. The molecule has 12 aromatic carbocycles. The fourth-order valence-corrected chi connectivity index (χ4v) is 11.4. The lowest BCUT2D eigenvalue weighted by Crippen LogP contribution is -2.28. The first-order valence-electron chi connectivity index (χ1n) is 24.2. The fourth-order valence-electron chi connectivity index (χ4n) is 11.4. The maximum absolute atomic E-state index is 2.49. The zero-order valence-electron chi connectivity index (χ0n) is 38.6. The highest BCUT2D eigenvalue weighted by Crippen LogP contribution is 2.58. The standard InChI is InChI=1S/C69H47N/c1-5-20-49(21-6-1)59-30-15-16-32-63(59)68-61(50-22-7-2-8-23-50)33-19-35-67(68)70(56-41-38-48(39-42-56)52-40-44-60-53(46-52)37-36-51-24-13-14-29-58(51)60)57-43-45-66-64(47-57)62-31-17-18-34-65(62)69(66,54-25-9-3-10-26-54)55-27-11-4-12-28-55/h1-47H. The van der Waals surface area contributed by atoms with E-state index in [1.54, 1.807) is 0 Å². The van der Waals surface area contributed by atoms with E-state index in [-0.39, 0.29) is 0 Å². The van der Waals surface area contributed by atoms with Crippen LogP contribution in [0.5, 0.6) is 0 Å². The monoisotopic (exact) mass is 889 g/mol. The molecular formula is C69H47N. The molecule has 1 aliphatic rings. The molecule has 328 valence electrons. The Balaban J connectivity index is 1.05. The molecule has 0 amide bonds. The van der Waals surface area contributed by atoms with Crippen LogP contribution in [-0.4, -0.2) is 0 Å². The highest BCUT2D eigenvalue weighted by atomic mass is 15.1. The lowest BCUT2D eigenvalue weighted by atomic mass is 9.68. The number of fused-ring (bicyclic) bond motifs is 6. The molecule has 0 fully saturated rings. The third-order valence-corrected chi connectivity index (χ3v) is 14.6. The van der Waals surface area contributed by atoms with Gasteiger partial charge in [-0.1, -0.05) is 249 Å². The molecule has 13 rings (SSSR count). The van der Waals surface area contributed by atoms with E-state index in [1.807, 2.05) is 0 Å². The van der Waals surface area contributed by atoms with E-state index >= 15 is 0 Å². The molecule has 70 heavy (non-hydrogen) atoms. The van der Waals surface area contributed by atoms with Crippen LogP contribution in [0.4, 0.5) is 17.1 Å². The van der Waals surface area contributed by atoms with Crippen molar-refractivity contribution >= 4 is 38.6 Å². The molecule has 0 radical (unpaired) electrons. The quantitative estimate of drug-likeness (QED) is 0.131. The summed E-state index contributed by atoms with van der Waals surface area (Å²) < 4.78 is 0. The van der Waals surface area contributed by atoms with E-state index < -0.39 is 5.41 Å². The third-order valence-electron chi connectivity index (χ3n) is 14.6. The van der Waals surface area contributed by atoms with Gasteiger partial charge in [0.1, 0.15) is 0 Å². The smallest absolute Gasteiger partial charge is 0.0713 e. The summed E-state index contributed by atoms with van der Waals surface area (Å²) in [5.74, 6) is 0. The molecule has 0 heterocycles. The van der Waals surface area contributed by atoms with Crippen LogP contribution in [0.2, 0.25) is 0 Å². The van der Waals surface area contributed by atoms with Crippen LogP contribution < -0.4 is 4.90 Å². The van der Waals surface area contributed by atoms with Crippen molar-refractivity contribution in [1.29, 1.82) is 0 Å². The SMILES string of the molecule is c1ccc(-c2ccccc2-c2c(-c3ccccc3)cccc2N(c2ccc(-c3ccc4c(ccc5ccccc54)c3)cc2)c2ccc3c(c2)-c2ccccc2C3(c2ccccc2)c2ccccc2)cc1. The number of hydrogen-bond acceptors (Lipinski definition) is 1. The van der Waals surface area contributed by atoms with Gasteiger partial charge in [-0.2, -0.15) is 0 Å². The van der Waals surface area contributed by atoms with E-state index in [2.05, 4.69) is 290 Å². The van der Waals surface area contributed by atoms with E-state index in [1.165, 1.54) is 99.4 Å². The lowest BCUT2D eigenvalue weighted by Gasteiger charge is -2.34. The molecule has 0 N–H and O–H groups in total. The Morgan fingerprint density at radius 3 is 1.49 bits per heavy atom. The molecule has 1 heteroatoms. The Labute approximate surface area is 409 Å². The van der Waals surface area contributed by atoms with E-state index in [9.17, 15) is 0 Å². The molecule has 0 saturated carbocycles. The zero-order valence-corrected chi connectivity index (χ0v) is 38.6. The van der Waals surface area contributed by atoms with Crippen molar-refractivity contribution < 1.29 is 0 Å². The summed E-state index contributed by atoms with van der Waals surface area (Å²) in [6.45, 7) is 0. The summed E-state index contributed by atoms with van der Waals surface area (Å²) in [6.07, 6.45) is 0. The Kier molecular flexibility index (Phi) is 10.1. The van der Waals surface area contributed by atoms with Gasteiger partial charge in [0.15, 0.2) is 0 Å². The van der Waals surface area contributed by atoms with Crippen LogP contribution >= 0.6 is 0 Å². The first-order valence-corrected chi connectivity index (χ1v) is 24.2. The van der Waals surface area contributed by atoms with Crippen molar-refractivity contribution in [2.24, 2.45) is 0 Å². The van der Waals surface area contributed by atoms with Gasteiger partial charge in [0, 0.05) is 16.9 Å². The van der Waals surface area contributed by atoms with Crippen molar-refractivity contribution in [3.8, 4) is 55.6 Å². The second kappa shape index (κ2) is 17.2. The molecule has 0 aliphatic heterocycles. The predicted molar refractivity (Wildman–Crippen MR) is 295 cm³/mol. The maximum atomic E-state index is 2.49. The molecule has 0 unspecified atom stereocenters. The summed E-state index contributed by atoms with van der Waals surface area (Å²) in [6, 6.07) is 105. The highest BCUT2D eigenvalue weighted by molar-refractivity contribution is 6.08. The van der Waals surface area contributed by atoms with E-state index in [4.69, 9.17) is 0 Å². The van der Waals surface area contributed by atoms with Crippen LogP contribution in [-0.2, 0) is 5.41 Å². The van der Waals surface area contributed by atoms with Gasteiger partial charge < -0.3 is 4.90 Å². The maximum Gasteiger partial charge on any atom is 0.0713 e. The summed E-state index contributed by atoms with van der Waals surface area (Å²) in [5, 5.41) is 5.05. The first kappa shape index (κ1) is 41.2. The fraction of sp³-hybridized carbons (Fsp3) is 0.0145. The van der Waals surface area contributed by atoms with Gasteiger partial charge in [0.25, 0.3) is 0 Å². The number of hydrogen-bond donors (Lipinski definition) is 0. The van der Waals surface area contributed by atoms with Gasteiger partial charge >= 0.3 is 0 Å². The Morgan fingerprint density at radius 1 is 0.257 bits per heavy atom. The Hall–Kier alpha value is -9.04. The summed E-state index contributed by atoms with van der Waals surface area (Å²) in [4.78, 5) is 2.49. The van der Waals surface area contributed by atoms with Gasteiger partial charge in [-0.05, 0) is 130 Å². The average molecular weight is 890 g/mol. The third kappa shape index (κ3) is 6.78. The average Bonchev–Trinajstić information content (AvgIpc) is 3.74. The number of anilines is 3. The number of benzene rings is 12. The summed E-state index contributed by atoms with van der Waals surface area (Å²) in [7, 11) is 0. The van der Waals surface area contributed by atoms with Crippen LogP contribution in [0.15, 0.2) is 285 Å². The van der Waals surface area contributed by atoms with Gasteiger partial charge in [0.05, 0.1) is 11.1 Å². The molecule has 1 nitrogen and oxygen atoms in total. The second-order valence-corrected chi connectivity index (χ2v) is 18.3. The van der Waals surface area contributed by atoms with E-state index in [0.717, 1.165) is 17.1 Å². The zero-order chi connectivity index (χ0) is 46.4. The van der Waals surface area contributed by atoms with Crippen LogP contribution in [0.25, 0.3) is 77.2 Å². The number of rotatable bonds is 9. The number of nitrogens with zero attached hydrogens (tertiary/aromatic N) is 1. The summed E-state index contributed by atoms with van der Waals surface area (Å²) in [5.41, 5.74) is 19.7. The van der Waals surface area contributed by atoms with Crippen LogP contribution in [0.3, 0.4) is 0 Å². The molecule has 0 bridgehead atoms. The van der Waals surface area contributed by atoms with Crippen molar-refractivity contribution in [2.45, 2.75) is 5.41 Å². The molecular weight excluding hydrogens is 843 g/mol. The van der Waals surface area contributed by atoms with Crippen LogP contribution in [0, 0.1) is 0 Å². The lowest BCUT2D eigenvalue weighted by molar-refractivity contribution is 0.768. The largest absolute Gasteiger partial charge is 0.310 e. The van der Waals surface area contributed by atoms with Crippen molar-refractivity contribution in [3.05, 3.63) is 307 Å². The van der Waals surface area contributed by atoms with Gasteiger partial charge in [-0.25, -0.2) is 0 Å². The molecule has 0 saturated heterocycles. The molecule has 12 aromatic rings. The minimum Gasteiger partial charge on any atom is -0.310 e. The minimum atomic E-state index is -0.501. The normalized spacial score (nSPS) is 12.4. The van der Waals surface area contributed by atoms with Crippen molar-refractivity contribution in [3.63, 3.8) is 0 Å². The highest BCUT2D eigenvalue weighted by Gasteiger charge is 2.46. The Bertz CT molecular complexity index is 3820. The topological polar surface area (TPSA) is 3.24 Å². The van der Waals surface area contributed by atoms with Crippen molar-refractivity contribution in [1.82, 2.24) is 0 Å². The molecule has 0 spiro atoms. The van der Waals surface area contributed by atoms with Gasteiger partial charge in [0.2, 0.25) is 0 Å². The second-order valence-electron chi connectivity index (χ2n) is 18.3. The molecule has 0 atom stereocenters. The van der Waals surface area contributed by atoms with Crippen LogP contribution in [0.1, 0.15) is 22.3 Å². The minimum absolute atomic E-state index is 0.501. The summed E-state index contributed by atoms with van der Waals surface area (Å²) >= 11 is 0. The van der Waals surface area contributed by atoms with Crippen molar-refractivity contribution in [2.75, 3.05) is 4.90 Å². The Morgan fingerprint density at radius 2 is 0.771 bits per heavy atom. The van der Waals surface area contributed by atoms with Gasteiger partial charge in [-0.3, -0.25) is 0 Å². The molecule has 1 aliphatic carbocycles. The first-order chi connectivity index (χ1) is 34.7. The van der Waals surface area contributed by atoms with Gasteiger partial charge in [-0.15, -0.1) is 0 Å². The molecule has 0 aromatic heterocycles. The van der Waals surface area contributed by atoms with E-state index in [0.29, 0.717) is 0 Å².